The first-order chi connectivity index (χ1) is 12.5. The van der Waals surface area contributed by atoms with Crippen LogP contribution in [0.2, 0.25) is 0 Å². The Kier molecular flexibility index (Phi) is 7.53. The van der Waals surface area contributed by atoms with Crippen LogP contribution in [0, 0.1) is 0 Å². The molecule has 0 heterocycles. The molecule has 2 amide bonds. The van der Waals surface area contributed by atoms with Gasteiger partial charge in [-0.2, -0.15) is 0 Å². The molecule has 2 aromatic rings. The fourth-order valence-electron chi connectivity index (χ4n) is 2.50. The smallest absolute Gasteiger partial charge is 0.242 e. The van der Waals surface area contributed by atoms with E-state index in [-0.39, 0.29) is 17.6 Å². The maximum Gasteiger partial charge on any atom is 0.242 e. The number of methoxy groups -OCH3 is 1. The summed E-state index contributed by atoms with van der Waals surface area (Å²) in [6.45, 7) is 2.09. The van der Waals surface area contributed by atoms with E-state index in [1.807, 2.05) is 54.6 Å². The number of ether oxygens (including phenoxy) is 1. The number of thioether (sulfide) groups is 1. The summed E-state index contributed by atoms with van der Waals surface area (Å²) in [5.41, 5.74) is 0.915. The van der Waals surface area contributed by atoms with Crippen molar-refractivity contribution < 1.29 is 14.3 Å². The lowest BCUT2D eigenvalue weighted by atomic mass is 10.1. The van der Waals surface area contributed by atoms with Crippen LogP contribution in [0.25, 0.3) is 0 Å². The third-order valence-corrected chi connectivity index (χ3v) is 5.00. The first kappa shape index (κ1) is 19.8. The van der Waals surface area contributed by atoms with Gasteiger partial charge in [0.15, 0.2) is 0 Å². The molecule has 6 heteroatoms. The van der Waals surface area contributed by atoms with Crippen molar-refractivity contribution in [2.45, 2.75) is 24.4 Å². The second-order valence-corrected chi connectivity index (χ2v) is 6.81. The van der Waals surface area contributed by atoms with E-state index in [2.05, 4.69) is 5.32 Å². The van der Waals surface area contributed by atoms with Crippen molar-refractivity contribution in [2.75, 3.05) is 19.9 Å². The SMILES string of the molecule is CNC(=O)[C@@H](C)N(Cc1cccc(OC)c1)C(=O)CSc1ccccc1. The molecule has 2 rings (SSSR count). The van der Waals surface area contributed by atoms with Crippen LogP contribution in [0.1, 0.15) is 12.5 Å². The lowest BCUT2D eigenvalue weighted by Crippen LogP contribution is -2.47. The molecule has 0 aliphatic rings. The molecule has 0 saturated carbocycles. The van der Waals surface area contributed by atoms with Crippen molar-refractivity contribution in [1.82, 2.24) is 10.2 Å². The molecular weight excluding hydrogens is 348 g/mol. The largest absolute Gasteiger partial charge is 0.497 e. The van der Waals surface area contributed by atoms with Gasteiger partial charge in [-0.25, -0.2) is 0 Å². The molecule has 0 unspecified atom stereocenters. The minimum atomic E-state index is -0.560. The van der Waals surface area contributed by atoms with E-state index in [1.54, 1.807) is 26.0 Å². The van der Waals surface area contributed by atoms with Crippen LogP contribution in [0.3, 0.4) is 0 Å². The Hall–Kier alpha value is -2.47. The van der Waals surface area contributed by atoms with Crippen molar-refractivity contribution in [3.8, 4) is 5.75 Å². The van der Waals surface area contributed by atoms with Crippen LogP contribution in [0.15, 0.2) is 59.5 Å². The van der Waals surface area contributed by atoms with Gasteiger partial charge in [-0.05, 0) is 36.8 Å². The standard InChI is InChI=1S/C20H24N2O3S/c1-15(20(24)21-2)22(13-16-8-7-9-17(12-16)25-3)19(23)14-26-18-10-5-4-6-11-18/h4-12,15H,13-14H2,1-3H3,(H,21,24)/t15-/m1/s1. The number of hydrogen-bond donors (Lipinski definition) is 1. The van der Waals surface area contributed by atoms with Crippen molar-refractivity contribution in [3.05, 3.63) is 60.2 Å². The fourth-order valence-corrected chi connectivity index (χ4v) is 3.31. The minimum Gasteiger partial charge on any atom is -0.497 e. The lowest BCUT2D eigenvalue weighted by Gasteiger charge is -2.28. The highest BCUT2D eigenvalue weighted by molar-refractivity contribution is 8.00. The van der Waals surface area contributed by atoms with Gasteiger partial charge < -0.3 is 15.0 Å². The number of nitrogens with one attached hydrogen (secondary N) is 1. The third-order valence-electron chi connectivity index (χ3n) is 4.01. The fraction of sp³-hybridized carbons (Fsp3) is 0.300. The Morgan fingerprint density at radius 1 is 1.15 bits per heavy atom. The van der Waals surface area contributed by atoms with E-state index in [0.29, 0.717) is 6.54 Å². The molecule has 0 saturated heterocycles. The minimum absolute atomic E-state index is 0.0854. The summed E-state index contributed by atoms with van der Waals surface area (Å²) in [4.78, 5) is 27.6. The molecule has 138 valence electrons. The van der Waals surface area contributed by atoms with Crippen LogP contribution in [-0.4, -0.2) is 42.7 Å². The number of benzene rings is 2. The van der Waals surface area contributed by atoms with Crippen molar-refractivity contribution >= 4 is 23.6 Å². The highest BCUT2D eigenvalue weighted by Gasteiger charge is 2.25. The van der Waals surface area contributed by atoms with Crippen LogP contribution >= 0.6 is 11.8 Å². The summed E-state index contributed by atoms with van der Waals surface area (Å²) in [5, 5.41) is 2.62. The maximum atomic E-state index is 12.8. The number of carbonyl (C=O) groups is 2. The zero-order valence-electron chi connectivity index (χ0n) is 15.3. The van der Waals surface area contributed by atoms with Gasteiger partial charge in [0.2, 0.25) is 11.8 Å². The van der Waals surface area contributed by atoms with E-state index in [4.69, 9.17) is 4.74 Å². The molecule has 2 aromatic carbocycles. The Balaban J connectivity index is 2.14. The first-order valence-electron chi connectivity index (χ1n) is 8.37. The van der Waals surface area contributed by atoms with Gasteiger partial charge in [0.05, 0.1) is 12.9 Å². The zero-order valence-corrected chi connectivity index (χ0v) is 16.1. The predicted octanol–water partition coefficient (Wildman–Crippen LogP) is 2.95. The Morgan fingerprint density at radius 2 is 1.88 bits per heavy atom. The van der Waals surface area contributed by atoms with Crippen molar-refractivity contribution in [1.29, 1.82) is 0 Å². The molecule has 26 heavy (non-hydrogen) atoms. The zero-order chi connectivity index (χ0) is 18.9. The van der Waals surface area contributed by atoms with Gasteiger partial charge in [0.1, 0.15) is 11.8 Å². The average molecular weight is 372 g/mol. The summed E-state index contributed by atoms with van der Waals surface area (Å²) in [7, 11) is 3.18. The molecule has 0 aromatic heterocycles. The number of rotatable bonds is 8. The normalized spacial score (nSPS) is 11.5. The highest BCUT2D eigenvalue weighted by atomic mass is 32.2. The molecule has 0 aliphatic heterocycles. The molecule has 1 N–H and O–H groups in total. The molecule has 0 radical (unpaired) electrons. The second-order valence-electron chi connectivity index (χ2n) is 5.77. The number of likely N-dealkylation sites (N-methyl/N-ethyl adjacent to an activating group) is 1. The Bertz CT molecular complexity index is 737. The van der Waals surface area contributed by atoms with Crippen LogP contribution in [0.4, 0.5) is 0 Å². The molecule has 0 spiro atoms. The van der Waals surface area contributed by atoms with E-state index in [0.717, 1.165) is 16.2 Å². The number of amides is 2. The van der Waals surface area contributed by atoms with E-state index in [9.17, 15) is 9.59 Å². The van der Waals surface area contributed by atoms with Crippen molar-refractivity contribution in [3.63, 3.8) is 0 Å². The van der Waals surface area contributed by atoms with Gasteiger partial charge in [0.25, 0.3) is 0 Å². The number of carbonyl (C=O) groups excluding carboxylic acids is 2. The summed E-state index contributed by atoms with van der Waals surface area (Å²) < 4.78 is 5.24. The van der Waals surface area contributed by atoms with Crippen LogP contribution < -0.4 is 10.1 Å². The van der Waals surface area contributed by atoms with E-state index >= 15 is 0 Å². The van der Waals surface area contributed by atoms with Gasteiger partial charge in [-0.15, -0.1) is 11.8 Å². The maximum absolute atomic E-state index is 12.8. The van der Waals surface area contributed by atoms with Gasteiger partial charge in [0, 0.05) is 18.5 Å². The molecule has 0 aliphatic carbocycles. The number of nitrogens with zero attached hydrogens (tertiary/aromatic N) is 1. The molecule has 0 bridgehead atoms. The molecule has 5 nitrogen and oxygen atoms in total. The van der Waals surface area contributed by atoms with Crippen LogP contribution in [-0.2, 0) is 16.1 Å². The second kappa shape index (κ2) is 9.87. The van der Waals surface area contributed by atoms with Gasteiger partial charge >= 0.3 is 0 Å². The summed E-state index contributed by atoms with van der Waals surface area (Å²) in [6, 6.07) is 16.7. The summed E-state index contributed by atoms with van der Waals surface area (Å²) >= 11 is 1.46. The number of hydrogen-bond acceptors (Lipinski definition) is 4. The Morgan fingerprint density at radius 3 is 2.54 bits per heavy atom. The quantitative estimate of drug-likeness (QED) is 0.724. The van der Waals surface area contributed by atoms with Gasteiger partial charge in [-0.3, -0.25) is 9.59 Å². The topological polar surface area (TPSA) is 58.6 Å². The van der Waals surface area contributed by atoms with E-state index < -0.39 is 6.04 Å². The van der Waals surface area contributed by atoms with Crippen molar-refractivity contribution in [2.24, 2.45) is 0 Å². The first-order valence-corrected chi connectivity index (χ1v) is 9.35. The Labute approximate surface area is 158 Å². The lowest BCUT2D eigenvalue weighted by molar-refractivity contribution is -0.138. The molecular formula is C20H24N2O3S. The van der Waals surface area contributed by atoms with E-state index in [1.165, 1.54) is 11.8 Å². The average Bonchev–Trinajstić information content (AvgIpc) is 2.70. The summed E-state index contributed by atoms with van der Waals surface area (Å²) in [5.74, 6) is 0.722. The third kappa shape index (κ3) is 5.52. The van der Waals surface area contributed by atoms with Gasteiger partial charge in [-0.1, -0.05) is 30.3 Å². The summed E-state index contributed by atoms with van der Waals surface area (Å²) in [6.07, 6.45) is 0. The molecule has 1 atom stereocenters. The monoisotopic (exact) mass is 372 g/mol. The van der Waals surface area contributed by atoms with Crippen LogP contribution in [0.5, 0.6) is 5.75 Å². The molecule has 0 fully saturated rings. The highest BCUT2D eigenvalue weighted by Crippen LogP contribution is 2.20. The predicted molar refractivity (Wildman–Crippen MR) is 104 cm³/mol.